The van der Waals surface area contributed by atoms with Crippen LogP contribution in [0.3, 0.4) is 0 Å². The molecular weight excluding hydrogens is 222 g/mol. The van der Waals surface area contributed by atoms with Gasteiger partial charge in [-0.3, -0.25) is 4.21 Å². The predicted molar refractivity (Wildman–Crippen MR) is 70.0 cm³/mol. The second kappa shape index (κ2) is 5.84. The molecule has 0 spiro atoms. The Morgan fingerprint density at radius 2 is 2.31 bits per heavy atom. The highest BCUT2D eigenvalue weighted by Crippen LogP contribution is 2.15. The van der Waals surface area contributed by atoms with Gasteiger partial charge in [-0.1, -0.05) is 6.92 Å². The minimum Gasteiger partial charge on any atom is -0.396 e. The lowest BCUT2D eigenvalue weighted by Crippen LogP contribution is -2.15. The number of nitrogens with two attached hydrogens (primary N) is 1. The van der Waals surface area contributed by atoms with Crippen LogP contribution in [0.1, 0.15) is 18.9 Å². The summed E-state index contributed by atoms with van der Waals surface area (Å²) in [7, 11) is -0.769. The molecule has 5 heteroatoms. The van der Waals surface area contributed by atoms with Gasteiger partial charge in [-0.25, -0.2) is 4.98 Å². The van der Waals surface area contributed by atoms with Gasteiger partial charge in [-0.2, -0.15) is 0 Å². The van der Waals surface area contributed by atoms with E-state index in [1.807, 2.05) is 19.9 Å². The second-order valence-corrected chi connectivity index (χ2v) is 5.78. The SMILES string of the molecule is Cc1cnc(NCCC(C)S(C)=O)c(N)c1. The van der Waals surface area contributed by atoms with E-state index >= 15 is 0 Å². The zero-order chi connectivity index (χ0) is 12.1. The van der Waals surface area contributed by atoms with Crippen LogP contribution in [0, 0.1) is 6.92 Å². The van der Waals surface area contributed by atoms with Crippen LogP contribution < -0.4 is 11.1 Å². The van der Waals surface area contributed by atoms with Crippen LogP contribution in [0.15, 0.2) is 12.3 Å². The fourth-order valence-corrected chi connectivity index (χ4v) is 1.75. The van der Waals surface area contributed by atoms with E-state index in [4.69, 9.17) is 5.73 Å². The van der Waals surface area contributed by atoms with E-state index < -0.39 is 10.8 Å². The Hall–Kier alpha value is -1.10. The predicted octanol–water partition coefficient (Wildman–Crippen LogP) is 1.54. The molecule has 0 saturated heterocycles. The minimum absolute atomic E-state index is 0.194. The summed E-state index contributed by atoms with van der Waals surface area (Å²) in [6, 6.07) is 1.89. The Kier molecular flexibility index (Phi) is 4.73. The van der Waals surface area contributed by atoms with E-state index in [1.54, 1.807) is 12.5 Å². The number of pyridine rings is 1. The van der Waals surface area contributed by atoms with Gasteiger partial charge in [0.25, 0.3) is 0 Å². The number of nitrogen functional groups attached to an aromatic ring is 1. The Bertz CT molecular complexity index is 381. The van der Waals surface area contributed by atoms with Crippen molar-refractivity contribution < 1.29 is 4.21 Å². The molecule has 0 bridgehead atoms. The minimum atomic E-state index is -0.769. The average Bonchev–Trinajstić information content (AvgIpc) is 2.20. The normalized spacial score (nSPS) is 14.4. The van der Waals surface area contributed by atoms with Crippen LogP contribution in [0.4, 0.5) is 11.5 Å². The fraction of sp³-hybridized carbons (Fsp3) is 0.545. The third-order valence-corrected chi connectivity index (χ3v) is 3.83. The van der Waals surface area contributed by atoms with Gasteiger partial charge in [0.2, 0.25) is 0 Å². The highest BCUT2D eigenvalue weighted by atomic mass is 32.2. The third-order valence-electron chi connectivity index (χ3n) is 2.46. The summed E-state index contributed by atoms with van der Waals surface area (Å²) in [5.41, 5.74) is 7.52. The van der Waals surface area contributed by atoms with Crippen LogP contribution in [0.2, 0.25) is 0 Å². The standard InChI is InChI=1S/C11H19N3OS/c1-8-6-10(12)11(14-7-8)13-5-4-9(2)16(3)15/h6-7,9H,4-5,12H2,1-3H3,(H,13,14). The van der Waals surface area contributed by atoms with E-state index in [0.29, 0.717) is 11.5 Å². The zero-order valence-corrected chi connectivity index (χ0v) is 10.8. The zero-order valence-electron chi connectivity index (χ0n) is 9.99. The van der Waals surface area contributed by atoms with Crippen LogP contribution in [0.25, 0.3) is 0 Å². The van der Waals surface area contributed by atoms with Gasteiger partial charge in [-0.05, 0) is 25.0 Å². The summed E-state index contributed by atoms with van der Waals surface area (Å²) in [5.74, 6) is 0.708. The number of rotatable bonds is 5. The summed E-state index contributed by atoms with van der Waals surface area (Å²) < 4.78 is 11.1. The number of nitrogens with zero attached hydrogens (tertiary/aromatic N) is 1. The first-order chi connectivity index (χ1) is 7.50. The molecule has 16 heavy (non-hydrogen) atoms. The topological polar surface area (TPSA) is 68.0 Å². The van der Waals surface area contributed by atoms with Crippen LogP contribution in [-0.4, -0.2) is 27.2 Å². The lowest BCUT2D eigenvalue weighted by molar-refractivity contribution is 0.672. The molecule has 90 valence electrons. The molecule has 1 aromatic rings. The quantitative estimate of drug-likeness (QED) is 0.820. The Labute approximate surface area is 99.1 Å². The lowest BCUT2D eigenvalue weighted by atomic mass is 10.3. The van der Waals surface area contributed by atoms with Crippen molar-refractivity contribution in [2.75, 3.05) is 23.9 Å². The molecule has 0 aromatic carbocycles. The maximum atomic E-state index is 11.1. The second-order valence-electron chi connectivity index (χ2n) is 3.98. The highest BCUT2D eigenvalue weighted by Gasteiger charge is 2.06. The molecule has 3 N–H and O–H groups in total. The first kappa shape index (κ1) is 13.0. The van der Waals surface area contributed by atoms with Gasteiger partial charge in [0.05, 0.1) is 5.69 Å². The molecule has 0 aliphatic rings. The van der Waals surface area contributed by atoms with Gasteiger partial charge in [-0.15, -0.1) is 0 Å². The van der Waals surface area contributed by atoms with Crippen molar-refractivity contribution >= 4 is 22.3 Å². The molecule has 2 unspecified atom stereocenters. The molecular formula is C11H19N3OS. The maximum absolute atomic E-state index is 11.1. The molecule has 1 rings (SSSR count). The van der Waals surface area contributed by atoms with Crippen LogP contribution in [-0.2, 0) is 10.8 Å². The number of aryl methyl sites for hydroxylation is 1. The smallest absolute Gasteiger partial charge is 0.149 e. The molecule has 1 aromatic heterocycles. The molecule has 1 heterocycles. The fourth-order valence-electron chi connectivity index (χ4n) is 1.30. The summed E-state index contributed by atoms with van der Waals surface area (Å²) in [6.07, 6.45) is 4.35. The van der Waals surface area contributed by atoms with Crippen molar-refractivity contribution in [2.24, 2.45) is 0 Å². The van der Waals surface area contributed by atoms with Gasteiger partial charge in [0.1, 0.15) is 5.82 Å². The van der Waals surface area contributed by atoms with Gasteiger partial charge in [0, 0.05) is 35.0 Å². The molecule has 0 aliphatic carbocycles. The van der Waals surface area contributed by atoms with Crippen molar-refractivity contribution in [1.82, 2.24) is 4.98 Å². The third kappa shape index (κ3) is 3.81. The van der Waals surface area contributed by atoms with E-state index in [1.165, 1.54) is 0 Å². The molecule has 0 radical (unpaired) electrons. The van der Waals surface area contributed by atoms with Crippen molar-refractivity contribution in [2.45, 2.75) is 25.5 Å². The van der Waals surface area contributed by atoms with Gasteiger partial charge in [0.15, 0.2) is 0 Å². The molecule has 2 atom stereocenters. The number of anilines is 2. The van der Waals surface area contributed by atoms with E-state index in [0.717, 1.165) is 18.5 Å². The maximum Gasteiger partial charge on any atom is 0.149 e. The van der Waals surface area contributed by atoms with Crippen molar-refractivity contribution in [3.8, 4) is 0 Å². The van der Waals surface area contributed by atoms with Crippen LogP contribution in [0.5, 0.6) is 0 Å². The summed E-state index contributed by atoms with van der Waals surface area (Å²) in [4.78, 5) is 4.21. The molecule has 0 aliphatic heterocycles. The Balaban J connectivity index is 2.46. The number of hydrogen-bond donors (Lipinski definition) is 2. The summed E-state index contributed by atoms with van der Waals surface area (Å²) >= 11 is 0. The van der Waals surface area contributed by atoms with E-state index in [-0.39, 0.29) is 5.25 Å². The summed E-state index contributed by atoms with van der Waals surface area (Å²) in [5, 5.41) is 3.35. The largest absolute Gasteiger partial charge is 0.396 e. The Morgan fingerprint density at radius 1 is 1.62 bits per heavy atom. The van der Waals surface area contributed by atoms with Gasteiger partial charge < -0.3 is 11.1 Å². The van der Waals surface area contributed by atoms with Crippen LogP contribution >= 0.6 is 0 Å². The highest BCUT2D eigenvalue weighted by molar-refractivity contribution is 7.84. The van der Waals surface area contributed by atoms with Crippen molar-refractivity contribution in [3.05, 3.63) is 17.8 Å². The summed E-state index contributed by atoms with van der Waals surface area (Å²) in [6.45, 7) is 4.67. The van der Waals surface area contributed by atoms with Crippen molar-refractivity contribution in [1.29, 1.82) is 0 Å². The van der Waals surface area contributed by atoms with E-state index in [9.17, 15) is 4.21 Å². The average molecular weight is 241 g/mol. The number of hydrogen-bond acceptors (Lipinski definition) is 4. The lowest BCUT2D eigenvalue weighted by Gasteiger charge is -2.11. The first-order valence-corrected chi connectivity index (χ1v) is 6.91. The molecule has 0 amide bonds. The monoisotopic (exact) mass is 241 g/mol. The number of aromatic nitrogens is 1. The van der Waals surface area contributed by atoms with Crippen molar-refractivity contribution in [3.63, 3.8) is 0 Å². The molecule has 0 saturated carbocycles. The molecule has 0 fully saturated rings. The van der Waals surface area contributed by atoms with E-state index in [2.05, 4.69) is 10.3 Å². The molecule has 4 nitrogen and oxygen atoms in total. The number of nitrogens with one attached hydrogen (secondary N) is 1. The Morgan fingerprint density at radius 3 is 2.88 bits per heavy atom. The first-order valence-electron chi connectivity index (χ1n) is 5.29. The van der Waals surface area contributed by atoms with Gasteiger partial charge >= 0.3 is 0 Å².